The predicted octanol–water partition coefficient (Wildman–Crippen LogP) is 3.95. The van der Waals surface area contributed by atoms with Gasteiger partial charge in [0, 0.05) is 42.0 Å². The fraction of sp³-hybridized carbons (Fsp3) is 0. The summed E-state index contributed by atoms with van der Waals surface area (Å²) in [6, 6.07) is 7.93. The summed E-state index contributed by atoms with van der Waals surface area (Å²) in [5.41, 5.74) is 0.235. The fourth-order valence-electron chi connectivity index (χ4n) is 2.53. The molecule has 9 nitrogen and oxygen atoms in total. The van der Waals surface area contributed by atoms with Crippen LogP contribution in [0.4, 0.5) is 0 Å². The first kappa shape index (κ1) is 26.9. The molecule has 0 saturated heterocycles. The van der Waals surface area contributed by atoms with Crippen LogP contribution >= 0.6 is 0 Å². The van der Waals surface area contributed by atoms with E-state index in [0.29, 0.717) is 0 Å². The van der Waals surface area contributed by atoms with E-state index in [1.807, 2.05) is 0 Å². The van der Waals surface area contributed by atoms with Gasteiger partial charge in [0.05, 0.1) is 5.56 Å². The van der Waals surface area contributed by atoms with E-state index in [1.54, 1.807) is 0 Å². The van der Waals surface area contributed by atoms with Crippen molar-refractivity contribution in [1.82, 2.24) is 0 Å². The van der Waals surface area contributed by atoms with Crippen molar-refractivity contribution >= 4 is 35.7 Å². The average molecular weight is 488 g/mol. The van der Waals surface area contributed by atoms with E-state index < -0.39 is 29.7 Å². The molecule has 9 heteroatoms. The highest BCUT2D eigenvalue weighted by atomic mass is 16.6. The first-order valence-corrected chi connectivity index (χ1v) is 10.1. The summed E-state index contributed by atoms with van der Waals surface area (Å²) in [7, 11) is 0. The Morgan fingerprint density at radius 1 is 0.583 bits per heavy atom. The number of hydrogen-bond donors (Lipinski definition) is 0. The predicted molar refractivity (Wildman–Crippen MR) is 130 cm³/mol. The topological polar surface area (TPSA) is 122 Å². The van der Waals surface area contributed by atoms with Crippen molar-refractivity contribution in [3.05, 3.63) is 104 Å². The Morgan fingerprint density at radius 3 is 1.56 bits per heavy atom. The number of allylic oxidation sites excluding steroid dienone is 1. The van der Waals surface area contributed by atoms with Crippen molar-refractivity contribution in [2.24, 2.45) is 0 Å². The summed E-state index contributed by atoms with van der Waals surface area (Å²) in [5, 5.41) is 0. The van der Waals surface area contributed by atoms with Crippen LogP contribution in [0.25, 0.3) is 6.08 Å². The Morgan fingerprint density at radius 2 is 1.03 bits per heavy atom. The Bertz CT molecular complexity index is 1300. The van der Waals surface area contributed by atoms with Crippen molar-refractivity contribution in [1.29, 1.82) is 0 Å². The number of carbonyl (C=O) groups is 5. The molecule has 0 N–H and O–H groups in total. The number of hydrogen-bond acceptors (Lipinski definition) is 9. The number of ketones is 1. The van der Waals surface area contributed by atoms with Gasteiger partial charge in [-0.25, -0.2) is 19.2 Å². The highest BCUT2D eigenvalue weighted by Crippen LogP contribution is 2.29. The summed E-state index contributed by atoms with van der Waals surface area (Å²) in [4.78, 5) is 59.3. The summed E-state index contributed by atoms with van der Waals surface area (Å²) in [6.07, 6.45) is 6.19. The number of rotatable bonds is 11. The first-order chi connectivity index (χ1) is 17.2. The second kappa shape index (κ2) is 12.8. The minimum absolute atomic E-state index is 0.00979. The van der Waals surface area contributed by atoms with E-state index in [4.69, 9.17) is 18.9 Å². The largest absolute Gasteiger partial charge is 0.423 e. The van der Waals surface area contributed by atoms with Gasteiger partial charge < -0.3 is 18.9 Å². The van der Waals surface area contributed by atoms with Gasteiger partial charge in [0.25, 0.3) is 0 Å². The molecular weight excluding hydrogens is 468 g/mol. The molecule has 0 saturated carbocycles. The van der Waals surface area contributed by atoms with Gasteiger partial charge in [0.1, 0.15) is 23.0 Å². The molecular formula is C27H20O9. The van der Waals surface area contributed by atoms with E-state index >= 15 is 0 Å². The third-order valence-electron chi connectivity index (χ3n) is 4.14. The van der Waals surface area contributed by atoms with E-state index in [9.17, 15) is 24.0 Å². The van der Waals surface area contributed by atoms with Gasteiger partial charge in [-0.3, -0.25) is 4.79 Å². The molecule has 0 aliphatic rings. The van der Waals surface area contributed by atoms with Crippen molar-refractivity contribution in [2.45, 2.75) is 0 Å². The van der Waals surface area contributed by atoms with E-state index in [2.05, 4.69) is 26.3 Å². The number of ether oxygens (including phenoxy) is 4. The van der Waals surface area contributed by atoms with Gasteiger partial charge in [0.15, 0.2) is 5.78 Å². The average Bonchev–Trinajstić information content (AvgIpc) is 2.87. The van der Waals surface area contributed by atoms with Crippen LogP contribution in [0.2, 0.25) is 0 Å². The van der Waals surface area contributed by atoms with Crippen LogP contribution in [0, 0.1) is 0 Å². The van der Waals surface area contributed by atoms with E-state index in [-0.39, 0.29) is 34.1 Å². The quantitative estimate of drug-likeness (QED) is 0.200. The minimum Gasteiger partial charge on any atom is -0.423 e. The van der Waals surface area contributed by atoms with E-state index in [0.717, 1.165) is 30.4 Å². The van der Waals surface area contributed by atoms with Crippen molar-refractivity contribution in [3.8, 4) is 23.0 Å². The molecule has 0 radical (unpaired) electrons. The van der Waals surface area contributed by atoms with Crippen LogP contribution < -0.4 is 18.9 Å². The van der Waals surface area contributed by atoms with Crippen molar-refractivity contribution in [3.63, 3.8) is 0 Å². The summed E-state index contributed by atoms with van der Waals surface area (Å²) in [5.74, 6) is -3.84. The molecule has 0 aliphatic carbocycles. The first-order valence-electron chi connectivity index (χ1n) is 10.1. The molecule has 0 aromatic heterocycles. The van der Waals surface area contributed by atoms with Crippen LogP contribution in [0.5, 0.6) is 23.0 Å². The Kier molecular flexibility index (Phi) is 9.58. The monoisotopic (exact) mass is 488 g/mol. The second-order valence-corrected chi connectivity index (χ2v) is 6.56. The zero-order valence-corrected chi connectivity index (χ0v) is 18.9. The van der Waals surface area contributed by atoms with Crippen LogP contribution in [0.3, 0.4) is 0 Å². The maximum Gasteiger partial charge on any atom is 0.335 e. The van der Waals surface area contributed by atoms with Gasteiger partial charge in [-0.1, -0.05) is 26.3 Å². The molecule has 0 heterocycles. The molecule has 2 aromatic rings. The normalized spacial score (nSPS) is 10.0. The van der Waals surface area contributed by atoms with Crippen molar-refractivity contribution in [2.75, 3.05) is 0 Å². The number of benzene rings is 2. The zero-order valence-electron chi connectivity index (χ0n) is 18.9. The van der Waals surface area contributed by atoms with Gasteiger partial charge in [0.2, 0.25) is 0 Å². The molecule has 0 amide bonds. The van der Waals surface area contributed by atoms with Crippen LogP contribution in [0.1, 0.15) is 15.9 Å². The Labute approximate surface area is 206 Å². The van der Waals surface area contributed by atoms with Gasteiger partial charge in [-0.05, 0) is 36.4 Å². The number of esters is 4. The van der Waals surface area contributed by atoms with E-state index in [1.165, 1.54) is 42.5 Å². The summed E-state index contributed by atoms with van der Waals surface area (Å²) in [6.45, 7) is 13.2. The molecule has 182 valence electrons. The van der Waals surface area contributed by atoms with Crippen LogP contribution in [-0.4, -0.2) is 29.7 Å². The molecule has 2 aromatic carbocycles. The lowest BCUT2D eigenvalue weighted by Crippen LogP contribution is -2.09. The third kappa shape index (κ3) is 7.63. The fourth-order valence-corrected chi connectivity index (χ4v) is 2.53. The highest BCUT2D eigenvalue weighted by molar-refractivity contribution is 6.09. The molecule has 0 fully saturated rings. The molecule has 0 unspecified atom stereocenters. The Balaban J connectivity index is 2.42. The molecule has 0 atom stereocenters. The van der Waals surface area contributed by atoms with Crippen LogP contribution in [-0.2, 0) is 19.2 Å². The second-order valence-electron chi connectivity index (χ2n) is 6.56. The molecule has 0 spiro atoms. The lowest BCUT2D eigenvalue weighted by atomic mass is 10.1. The zero-order chi connectivity index (χ0) is 26.7. The Hall–Kier alpha value is -5.31. The maximum absolute atomic E-state index is 12.9. The molecule has 36 heavy (non-hydrogen) atoms. The standard InChI is InChI=1S/C27H20O9/c1-5-24(29)33-18-11-9-17(22(15-18)35-26(31)7-3)10-14-21(28)20-13-12-19(34-25(30)6-2)16-23(20)36-27(32)8-4/h5-16H,1-4H2. The molecule has 0 aliphatic heterocycles. The van der Waals surface area contributed by atoms with Crippen molar-refractivity contribution < 1.29 is 42.9 Å². The maximum atomic E-state index is 12.9. The smallest absolute Gasteiger partial charge is 0.335 e. The van der Waals surface area contributed by atoms with Gasteiger partial charge in [-0.2, -0.15) is 0 Å². The molecule has 0 bridgehead atoms. The summed E-state index contributed by atoms with van der Waals surface area (Å²) >= 11 is 0. The third-order valence-corrected chi connectivity index (χ3v) is 4.14. The molecule has 2 rings (SSSR count). The lowest BCUT2D eigenvalue weighted by Gasteiger charge is -2.10. The SMILES string of the molecule is C=CC(=O)Oc1ccc(C=CC(=O)c2ccc(OC(=O)C=C)cc2OC(=O)C=C)c(OC(=O)C=C)c1. The highest BCUT2D eigenvalue weighted by Gasteiger charge is 2.16. The summed E-state index contributed by atoms with van der Waals surface area (Å²) < 4.78 is 20.3. The van der Waals surface area contributed by atoms with Gasteiger partial charge >= 0.3 is 23.9 Å². The van der Waals surface area contributed by atoms with Crippen LogP contribution in [0.15, 0.2) is 93.1 Å². The minimum atomic E-state index is -0.844. The number of carbonyl (C=O) groups excluding carboxylic acids is 5. The lowest BCUT2D eigenvalue weighted by molar-refractivity contribution is -0.130. The van der Waals surface area contributed by atoms with Gasteiger partial charge in [-0.15, -0.1) is 0 Å².